The van der Waals surface area contributed by atoms with Crippen LogP contribution < -0.4 is 5.32 Å². The zero-order valence-corrected chi connectivity index (χ0v) is 16.9. The molecule has 2 fully saturated rings. The summed E-state index contributed by atoms with van der Waals surface area (Å²) in [5, 5.41) is 7.09. The Labute approximate surface area is 171 Å². The lowest BCUT2D eigenvalue weighted by Crippen LogP contribution is -2.39. The number of hydrogen-bond donors (Lipinski definition) is 1. The molecule has 29 heavy (non-hydrogen) atoms. The first-order chi connectivity index (χ1) is 14.3. The maximum Gasteiger partial charge on any atom is 0.318 e. The van der Waals surface area contributed by atoms with Crippen molar-refractivity contribution < 1.29 is 14.1 Å². The Hall–Kier alpha value is -2.41. The van der Waals surface area contributed by atoms with Crippen molar-refractivity contribution in [3.8, 4) is 0 Å². The topological polar surface area (TPSA) is 80.5 Å². The summed E-state index contributed by atoms with van der Waals surface area (Å²) in [5.74, 6) is 1.91. The number of carbonyl (C=O) groups is 1. The molecule has 1 N–H and O–H groups in total. The first kappa shape index (κ1) is 19.9. The molecular weight excluding hydrogens is 368 g/mol. The molecule has 4 rings (SSSR count). The quantitative estimate of drug-likeness (QED) is 0.683. The van der Waals surface area contributed by atoms with E-state index in [1.54, 1.807) is 4.90 Å². The average Bonchev–Trinajstić information content (AvgIpc) is 3.51. The number of ether oxygens (including phenoxy) is 1. The predicted octanol–water partition coefficient (Wildman–Crippen LogP) is 3.87. The summed E-state index contributed by atoms with van der Waals surface area (Å²) in [7, 11) is 0. The minimum Gasteiger partial charge on any atom is -0.381 e. The third-order valence-corrected chi connectivity index (χ3v) is 5.87. The van der Waals surface area contributed by atoms with Gasteiger partial charge in [-0.1, -0.05) is 48.3 Å². The highest BCUT2D eigenvalue weighted by molar-refractivity contribution is 5.74. The van der Waals surface area contributed by atoms with Gasteiger partial charge in [-0.3, -0.25) is 0 Å². The number of hydrogen-bond acceptors (Lipinski definition) is 5. The van der Waals surface area contributed by atoms with E-state index in [-0.39, 0.29) is 12.1 Å². The van der Waals surface area contributed by atoms with Crippen molar-refractivity contribution in [2.24, 2.45) is 5.92 Å². The van der Waals surface area contributed by atoms with Gasteiger partial charge in [0.25, 0.3) is 0 Å². The van der Waals surface area contributed by atoms with Crippen LogP contribution in [-0.2, 0) is 17.7 Å². The van der Waals surface area contributed by atoms with E-state index in [9.17, 15) is 4.79 Å². The molecule has 2 aliphatic rings. The second-order valence-electron chi connectivity index (χ2n) is 8.02. The fourth-order valence-corrected chi connectivity index (χ4v) is 4.24. The number of urea groups is 1. The molecule has 7 heteroatoms. The molecule has 156 valence electrons. The molecule has 1 aromatic carbocycles. The Kier molecular flexibility index (Phi) is 6.77. The summed E-state index contributed by atoms with van der Waals surface area (Å²) in [4.78, 5) is 19.0. The SMILES string of the molecule is O=C(NCc1ccccc1)N1CCCC1c1nc(CCOCC2CCCC2)no1. The van der Waals surface area contributed by atoms with Crippen LogP contribution in [0, 0.1) is 5.92 Å². The first-order valence-corrected chi connectivity index (χ1v) is 10.8. The molecule has 1 saturated carbocycles. The molecule has 1 saturated heterocycles. The van der Waals surface area contributed by atoms with E-state index < -0.39 is 0 Å². The van der Waals surface area contributed by atoms with E-state index in [1.165, 1.54) is 25.7 Å². The summed E-state index contributed by atoms with van der Waals surface area (Å²) in [6.45, 7) is 2.66. The van der Waals surface area contributed by atoms with E-state index in [1.807, 2.05) is 30.3 Å². The van der Waals surface area contributed by atoms with Gasteiger partial charge >= 0.3 is 6.03 Å². The number of benzene rings is 1. The van der Waals surface area contributed by atoms with Crippen molar-refractivity contribution >= 4 is 6.03 Å². The van der Waals surface area contributed by atoms with E-state index in [4.69, 9.17) is 9.26 Å². The maximum atomic E-state index is 12.7. The molecule has 7 nitrogen and oxygen atoms in total. The van der Waals surface area contributed by atoms with Crippen molar-refractivity contribution in [2.75, 3.05) is 19.8 Å². The second-order valence-corrected chi connectivity index (χ2v) is 8.02. The highest BCUT2D eigenvalue weighted by Crippen LogP contribution is 2.31. The average molecular weight is 399 g/mol. The van der Waals surface area contributed by atoms with Gasteiger partial charge in [0.05, 0.1) is 6.61 Å². The van der Waals surface area contributed by atoms with Gasteiger partial charge in [0.15, 0.2) is 5.82 Å². The molecule has 1 atom stereocenters. The molecule has 2 aromatic rings. The van der Waals surface area contributed by atoms with Crippen molar-refractivity contribution in [1.82, 2.24) is 20.4 Å². The van der Waals surface area contributed by atoms with Gasteiger partial charge in [-0.25, -0.2) is 4.79 Å². The molecule has 0 spiro atoms. The highest BCUT2D eigenvalue weighted by Gasteiger charge is 2.34. The summed E-state index contributed by atoms with van der Waals surface area (Å²) in [5.41, 5.74) is 1.08. The zero-order valence-electron chi connectivity index (χ0n) is 16.9. The van der Waals surface area contributed by atoms with E-state index >= 15 is 0 Å². The minimum absolute atomic E-state index is 0.0870. The minimum atomic E-state index is -0.147. The molecule has 0 radical (unpaired) electrons. The van der Waals surface area contributed by atoms with Gasteiger partial charge in [-0.05, 0) is 37.2 Å². The lowest BCUT2D eigenvalue weighted by molar-refractivity contribution is 0.102. The normalized spacial score (nSPS) is 19.7. The Morgan fingerprint density at radius 2 is 2.00 bits per heavy atom. The van der Waals surface area contributed by atoms with Crippen LogP contribution in [0.4, 0.5) is 4.79 Å². The lowest BCUT2D eigenvalue weighted by atomic mass is 10.1. The number of carbonyl (C=O) groups excluding carboxylic acids is 1. The van der Waals surface area contributed by atoms with Crippen LogP contribution in [0.25, 0.3) is 0 Å². The van der Waals surface area contributed by atoms with E-state index in [0.717, 1.165) is 30.9 Å². The third kappa shape index (κ3) is 5.35. The molecule has 1 unspecified atom stereocenters. The molecule has 1 aromatic heterocycles. The predicted molar refractivity (Wildman–Crippen MR) is 108 cm³/mol. The summed E-state index contributed by atoms with van der Waals surface area (Å²) in [6.07, 6.45) is 7.66. The fourth-order valence-electron chi connectivity index (χ4n) is 4.24. The Morgan fingerprint density at radius 1 is 1.17 bits per heavy atom. The molecule has 2 amide bonds. The van der Waals surface area contributed by atoms with Crippen LogP contribution in [0.3, 0.4) is 0 Å². The number of rotatable bonds is 8. The maximum absolute atomic E-state index is 12.7. The third-order valence-electron chi connectivity index (χ3n) is 5.87. The summed E-state index contributed by atoms with van der Waals surface area (Å²) >= 11 is 0. The largest absolute Gasteiger partial charge is 0.381 e. The summed E-state index contributed by atoms with van der Waals surface area (Å²) < 4.78 is 11.3. The summed E-state index contributed by atoms with van der Waals surface area (Å²) in [6, 6.07) is 9.67. The molecule has 2 heterocycles. The Bertz CT molecular complexity index is 773. The van der Waals surface area contributed by atoms with Crippen molar-refractivity contribution in [2.45, 2.75) is 57.5 Å². The lowest BCUT2D eigenvalue weighted by Gasteiger charge is -2.22. The molecule has 1 aliphatic carbocycles. The van der Waals surface area contributed by atoms with Gasteiger partial charge in [-0.15, -0.1) is 0 Å². The van der Waals surface area contributed by atoms with Gasteiger partial charge in [-0.2, -0.15) is 4.98 Å². The molecule has 1 aliphatic heterocycles. The monoisotopic (exact) mass is 398 g/mol. The van der Waals surface area contributed by atoms with Gasteiger partial charge in [0.1, 0.15) is 6.04 Å². The van der Waals surface area contributed by atoms with Crippen molar-refractivity contribution in [3.05, 3.63) is 47.6 Å². The van der Waals surface area contributed by atoms with Crippen LogP contribution in [0.15, 0.2) is 34.9 Å². The van der Waals surface area contributed by atoms with Crippen LogP contribution in [0.5, 0.6) is 0 Å². The second kappa shape index (κ2) is 9.87. The zero-order chi connectivity index (χ0) is 19.9. The van der Waals surface area contributed by atoms with Gasteiger partial charge in [0.2, 0.25) is 5.89 Å². The van der Waals surface area contributed by atoms with Gasteiger partial charge < -0.3 is 19.5 Å². The number of likely N-dealkylation sites (tertiary alicyclic amines) is 1. The Morgan fingerprint density at radius 3 is 2.83 bits per heavy atom. The first-order valence-electron chi connectivity index (χ1n) is 10.8. The number of nitrogens with zero attached hydrogens (tertiary/aromatic N) is 3. The van der Waals surface area contributed by atoms with Crippen molar-refractivity contribution in [1.29, 1.82) is 0 Å². The van der Waals surface area contributed by atoms with E-state index in [2.05, 4.69) is 15.5 Å². The molecular formula is C22H30N4O3. The standard InChI is InChI=1S/C22H30N4O3/c27-22(23-15-17-7-2-1-3-8-17)26-13-6-11-19(26)21-24-20(25-29-21)12-14-28-16-18-9-4-5-10-18/h1-3,7-8,18-19H,4-6,9-16H2,(H,23,27). The van der Waals surface area contributed by atoms with Gasteiger partial charge in [0, 0.05) is 26.1 Å². The Balaban J connectivity index is 1.25. The number of nitrogens with one attached hydrogen (secondary N) is 1. The number of aromatic nitrogens is 2. The van der Waals surface area contributed by atoms with Crippen LogP contribution in [0.2, 0.25) is 0 Å². The van der Waals surface area contributed by atoms with Crippen molar-refractivity contribution in [3.63, 3.8) is 0 Å². The van der Waals surface area contributed by atoms with Crippen LogP contribution >= 0.6 is 0 Å². The van der Waals surface area contributed by atoms with Crippen LogP contribution in [0.1, 0.15) is 61.8 Å². The van der Waals surface area contributed by atoms with Crippen LogP contribution in [-0.4, -0.2) is 40.8 Å². The smallest absolute Gasteiger partial charge is 0.318 e. The highest BCUT2D eigenvalue weighted by atomic mass is 16.5. The number of amides is 2. The molecule has 0 bridgehead atoms. The fraction of sp³-hybridized carbons (Fsp3) is 0.591. The van der Waals surface area contributed by atoms with E-state index in [0.29, 0.717) is 37.8 Å².